The fourth-order valence-corrected chi connectivity index (χ4v) is 1.24. The SMILES string of the molecule is CN(C(N)=O)c1ccc(NCCO)cc1O. The van der Waals surface area contributed by atoms with Gasteiger partial charge in [-0.1, -0.05) is 0 Å². The van der Waals surface area contributed by atoms with Gasteiger partial charge in [0, 0.05) is 25.3 Å². The van der Waals surface area contributed by atoms with Crippen molar-refractivity contribution in [2.24, 2.45) is 5.73 Å². The van der Waals surface area contributed by atoms with Crippen molar-refractivity contribution >= 4 is 17.4 Å². The number of phenols is 1. The third-order valence-corrected chi connectivity index (χ3v) is 2.11. The molecule has 1 aromatic rings. The van der Waals surface area contributed by atoms with E-state index in [1.807, 2.05) is 0 Å². The second-order valence-electron chi connectivity index (χ2n) is 3.25. The number of rotatable bonds is 4. The van der Waals surface area contributed by atoms with Crippen LogP contribution in [0.3, 0.4) is 0 Å². The van der Waals surface area contributed by atoms with Crippen LogP contribution in [0.1, 0.15) is 0 Å². The van der Waals surface area contributed by atoms with Crippen LogP contribution in [-0.4, -0.2) is 36.4 Å². The van der Waals surface area contributed by atoms with E-state index in [0.29, 0.717) is 17.9 Å². The molecule has 0 atom stereocenters. The van der Waals surface area contributed by atoms with Gasteiger partial charge < -0.3 is 21.3 Å². The average molecular weight is 225 g/mol. The van der Waals surface area contributed by atoms with Crippen LogP contribution in [0, 0.1) is 0 Å². The number of urea groups is 1. The van der Waals surface area contributed by atoms with Crippen molar-refractivity contribution in [1.29, 1.82) is 0 Å². The van der Waals surface area contributed by atoms with E-state index in [0.717, 1.165) is 4.90 Å². The number of nitrogens with one attached hydrogen (secondary N) is 1. The molecule has 6 heteroatoms. The molecule has 6 nitrogen and oxygen atoms in total. The summed E-state index contributed by atoms with van der Waals surface area (Å²) >= 11 is 0. The summed E-state index contributed by atoms with van der Waals surface area (Å²) in [6, 6.07) is 4.07. The lowest BCUT2D eigenvalue weighted by molar-refractivity contribution is 0.255. The molecule has 1 rings (SSSR count). The number of hydrogen-bond acceptors (Lipinski definition) is 4. The summed E-state index contributed by atoms with van der Waals surface area (Å²) in [5, 5.41) is 21.2. The van der Waals surface area contributed by atoms with Gasteiger partial charge in [0.1, 0.15) is 5.75 Å². The number of amides is 2. The van der Waals surface area contributed by atoms with Gasteiger partial charge in [0.15, 0.2) is 0 Å². The van der Waals surface area contributed by atoms with Crippen LogP contribution in [0.5, 0.6) is 5.75 Å². The molecule has 0 aromatic heterocycles. The van der Waals surface area contributed by atoms with E-state index in [2.05, 4.69) is 5.32 Å². The first kappa shape index (κ1) is 12.1. The van der Waals surface area contributed by atoms with Crippen molar-refractivity contribution in [3.8, 4) is 5.75 Å². The van der Waals surface area contributed by atoms with Crippen LogP contribution < -0.4 is 16.0 Å². The van der Waals surface area contributed by atoms with Gasteiger partial charge in [-0.15, -0.1) is 0 Å². The lowest BCUT2D eigenvalue weighted by Gasteiger charge is -2.16. The van der Waals surface area contributed by atoms with Crippen molar-refractivity contribution in [2.75, 3.05) is 30.4 Å². The molecular formula is C10H15N3O3. The monoisotopic (exact) mass is 225 g/mol. The highest BCUT2D eigenvalue weighted by Crippen LogP contribution is 2.29. The molecule has 0 saturated heterocycles. The summed E-state index contributed by atoms with van der Waals surface area (Å²) in [5.41, 5.74) is 6.08. The minimum absolute atomic E-state index is 0.00367. The lowest BCUT2D eigenvalue weighted by atomic mass is 10.2. The summed E-state index contributed by atoms with van der Waals surface area (Å²) in [7, 11) is 1.47. The number of aliphatic hydroxyl groups excluding tert-OH is 1. The van der Waals surface area contributed by atoms with Crippen LogP contribution in [0.2, 0.25) is 0 Å². The smallest absolute Gasteiger partial charge is 0.319 e. The number of carbonyl (C=O) groups excluding carboxylic acids is 1. The molecule has 0 radical (unpaired) electrons. The third kappa shape index (κ3) is 2.77. The zero-order chi connectivity index (χ0) is 12.1. The molecule has 1 aromatic carbocycles. The Kier molecular flexibility index (Phi) is 3.96. The zero-order valence-electron chi connectivity index (χ0n) is 8.97. The maximum absolute atomic E-state index is 10.9. The van der Waals surface area contributed by atoms with Gasteiger partial charge in [-0.3, -0.25) is 4.90 Å². The molecule has 0 aliphatic heterocycles. The highest BCUT2D eigenvalue weighted by atomic mass is 16.3. The molecule has 0 bridgehead atoms. The highest BCUT2D eigenvalue weighted by Gasteiger charge is 2.11. The number of nitrogens with zero attached hydrogens (tertiary/aromatic N) is 1. The van der Waals surface area contributed by atoms with E-state index in [1.54, 1.807) is 12.1 Å². The van der Waals surface area contributed by atoms with Gasteiger partial charge in [0.25, 0.3) is 0 Å². The van der Waals surface area contributed by atoms with Crippen LogP contribution in [0.25, 0.3) is 0 Å². The number of carbonyl (C=O) groups is 1. The number of aromatic hydroxyl groups is 1. The van der Waals surface area contributed by atoms with E-state index < -0.39 is 6.03 Å². The largest absolute Gasteiger partial charge is 0.506 e. The van der Waals surface area contributed by atoms with E-state index >= 15 is 0 Å². The number of anilines is 2. The topological polar surface area (TPSA) is 98.8 Å². The Labute approximate surface area is 93.3 Å². The maximum Gasteiger partial charge on any atom is 0.319 e. The minimum atomic E-state index is -0.647. The molecule has 16 heavy (non-hydrogen) atoms. The third-order valence-electron chi connectivity index (χ3n) is 2.11. The van der Waals surface area contributed by atoms with E-state index in [-0.39, 0.29) is 12.4 Å². The molecule has 88 valence electrons. The van der Waals surface area contributed by atoms with E-state index in [4.69, 9.17) is 10.8 Å². The first-order valence-corrected chi connectivity index (χ1v) is 4.77. The van der Waals surface area contributed by atoms with Crippen LogP contribution in [-0.2, 0) is 0 Å². The average Bonchev–Trinajstić information content (AvgIpc) is 2.25. The van der Waals surface area contributed by atoms with Gasteiger partial charge in [0.2, 0.25) is 0 Å². The van der Waals surface area contributed by atoms with Gasteiger partial charge in [0.05, 0.1) is 12.3 Å². The normalized spacial score (nSPS) is 9.88. The molecule has 5 N–H and O–H groups in total. The fraction of sp³-hybridized carbons (Fsp3) is 0.300. The number of phenolic OH excluding ortho intramolecular Hbond substituents is 1. The Morgan fingerprint density at radius 1 is 1.56 bits per heavy atom. The summed E-state index contributed by atoms with van der Waals surface area (Å²) in [5.74, 6) is -0.0516. The Bertz CT molecular complexity index is 382. The lowest BCUT2D eigenvalue weighted by Crippen LogP contribution is -2.31. The number of aliphatic hydroxyl groups is 1. The van der Waals surface area contributed by atoms with Gasteiger partial charge in [-0.2, -0.15) is 0 Å². The van der Waals surface area contributed by atoms with Gasteiger partial charge in [-0.05, 0) is 12.1 Å². The van der Waals surface area contributed by atoms with E-state index in [1.165, 1.54) is 13.1 Å². The van der Waals surface area contributed by atoms with Crippen molar-refractivity contribution in [3.05, 3.63) is 18.2 Å². The fourth-order valence-electron chi connectivity index (χ4n) is 1.24. The highest BCUT2D eigenvalue weighted by molar-refractivity contribution is 5.92. The summed E-state index contributed by atoms with van der Waals surface area (Å²) < 4.78 is 0. The van der Waals surface area contributed by atoms with Gasteiger partial charge >= 0.3 is 6.03 Å². The number of nitrogens with two attached hydrogens (primary N) is 1. The molecule has 0 spiro atoms. The molecule has 2 amide bonds. The second kappa shape index (κ2) is 5.22. The summed E-state index contributed by atoms with van der Waals surface area (Å²) in [4.78, 5) is 12.0. The Hall–Kier alpha value is -1.95. The summed E-state index contributed by atoms with van der Waals surface area (Å²) in [6.07, 6.45) is 0. The maximum atomic E-state index is 10.9. The predicted molar refractivity (Wildman–Crippen MR) is 61.7 cm³/mol. The molecule has 0 saturated carbocycles. The zero-order valence-corrected chi connectivity index (χ0v) is 8.97. The van der Waals surface area contributed by atoms with Crippen molar-refractivity contribution in [1.82, 2.24) is 0 Å². The van der Waals surface area contributed by atoms with Crippen LogP contribution in [0.4, 0.5) is 16.2 Å². The van der Waals surface area contributed by atoms with Crippen molar-refractivity contribution < 1.29 is 15.0 Å². The molecule has 0 aliphatic carbocycles. The Morgan fingerprint density at radius 3 is 2.75 bits per heavy atom. The first-order valence-electron chi connectivity index (χ1n) is 4.77. The Morgan fingerprint density at radius 2 is 2.25 bits per heavy atom. The molecule has 0 aliphatic rings. The van der Waals surface area contributed by atoms with Crippen LogP contribution in [0.15, 0.2) is 18.2 Å². The van der Waals surface area contributed by atoms with Gasteiger partial charge in [-0.25, -0.2) is 4.79 Å². The Balaban J connectivity index is 2.87. The molecular weight excluding hydrogens is 210 g/mol. The van der Waals surface area contributed by atoms with Crippen molar-refractivity contribution in [3.63, 3.8) is 0 Å². The van der Waals surface area contributed by atoms with Crippen molar-refractivity contribution in [2.45, 2.75) is 0 Å². The first-order chi connectivity index (χ1) is 7.56. The standard InChI is InChI=1S/C10H15N3O3/c1-13(10(11)16)8-3-2-7(6-9(8)15)12-4-5-14/h2-3,6,12,14-15H,4-5H2,1H3,(H2,11,16). The second-order valence-corrected chi connectivity index (χ2v) is 3.25. The number of benzene rings is 1. The molecule has 0 unspecified atom stereocenters. The minimum Gasteiger partial charge on any atom is -0.506 e. The predicted octanol–water partition coefficient (Wildman–Crippen LogP) is 0.311. The van der Waals surface area contributed by atoms with E-state index in [9.17, 15) is 9.90 Å². The molecule has 0 fully saturated rings. The van der Waals surface area contributed by atoms with Crippen LogP contribution >= 0.6 is 0 Å². The molecule has 0 heterocycles. The number of primary amides is 1. The summed E-state index contributed by atoms with van der Waals surface area (Å²) in [6.45, 7) is 0.397. The quantitative estimate of drug-likeness (QED) is 0.592. The number of hydrogen-bond donors (Lipinski definition) is 4.